The number of rotatable bonds is 6. The topological polar surface area (TPSA) is 74.4 Å². The van der Waals surface area contributed by atoms with Gasteiger partial charge in [-0.15, -0.1) is 5.10 Å². The molecule has 0 aliphatic carbocycles. The maximum atomic E-state index is 9.02. The molecule has 1 rings (SSSR count). The van der Waals surface area contributed by atoms with Crippen molar-refractivity contribution in [1.82, 2.24) is 15.5 Å². The summed E-state index contributed by atoms with van der Waals surface area (Å²) >= 11 is 0. The SMILES string of the molecule is CC(C)N(CCO)c1nnc(CNC(C)(C)C)o1. The number of nitrogens with one attached hydrogen (secondary N) is 1. The zero-order valence-electron chi connectivity index (χ0n) is 11.9. The van der Waals surface area contributed by atoms with E-state index in [1.807, 2.05) is 18.7 Å². The molecular formula is C12H24N4O2. The van der Waals surface area contributed by atoms with Gasteiger partial charge < -0.3 is 19.7 Å². The number of aromatic nitrogens is 2. The largest absolute Gasteiger partial charge is 0.407 e. The van der Waals surface area contributed by atoms with Gasteiger partial charge >= 0.3 is 6.01 Å². The molecule has 0 atom stereocenters. The van der Waals surface area contributed by atoms with E-state index in [1.165, 1.54) is 0 Å². The Bertz CT molecular complexity index is 357. The highest BCUT2D eigenvalue weighted by molar-refractivity contribution is 5.25. The van der Waals surface area contributed by atoms with Crippen molar-refractivity contribution < 1.29 is 9.52 Å². The van der Waals surface area contributed by atoms with Crippen LogP contribution in [0.1, 0.15) is 40.5 Å². The fourth-order valence-corrected chi connectivity index (χ4v) is 1.46. The quantitative estimate of drug-likeness (QED) is 0.795. The van der Waals surface area contributed by atoms with Crippen molar-refractivity contribution in [3.8, 4) is 0 Å². The molecule has 104 valence electrons. The predicted molar refractivity (Wildman–Crippen MR) is 70.5 cm³/mol. The second kappa shape index (κ2) is 6.15. The van der Waals surface area contributed by atoms with Gasteiger partial charge in [0.15, 0.2) is 0 Å². The molecule has 1 heterocycles. The van der Waals surface area contributed by atoms with Crippen molar-refractivity contribution >= 4 is 6.01 Å². The normalized spacial score (nSPS) is 12.2. The lowest BCUT2D eigenvalue weighted by atomic mass is 10.1. The summed E-state index contributed by atoms with van der Waals surface area (Å²) in [4.78, 5) is 1.88. The van der Waals surface area contributed by atoms with E-state index in [9.17, 15) is 0 Å². The molecule has 6 heteroatoms. The minimum absolute atomic E-state index is 0.0114. The van der Waals surface area contributed by atoms with Crippen LogP contribution in [-0.4, -0.2) is 40.0 Å². The van der Waals surface area contributed by atoms with E-state index in [0.717, 1.165) is 0 Å². The Morgan fingerprint density at radius 3 is 2.50 bits per heavy atom. The summed E-state index contributed by atoms with van der Waals surface area (Å²) in [5, 5.41) is 20.3. The Morgan fingerprint density at radius 2 is 2.00 bits per heavy atom. The summed E-state index contributed by atoms with van der Waals surface area (Å²) in [6, 6.07) is 0.672. The number of hydrogen-bond donors (Lipinski definition) is 2. The summed E-state index contributed by atoms with van der Waals surface area (Å²) in [5.74, 6) is 0.559. The van der Waals surface area contributed by atoms with Crippen molar-refractivity contribution in [1.29, 1.82) is 0 Å². The Hall–Kier alpha value is -1.14. The van der Waals surface area contributed by atoms with Crippen molar-refractivity contribution in [2.45, 2.75) is 52.7 Å². The molecule has 1 aromatic heterocycles. The molecule has 0 radical (unpaired) electrons. The van der Waals surface area contributed by atoms with E-state index in [4.69, 9.17) is 9.52 Å². The molecule has 0 bridgehead atoms. The molecule has 0 spiro atoms. The van der Waals surface area contributed by atoms with E-state index in [1.54, 1.807) is 0 Å². The van der Waals surface area contributed by atoms with Crippen LogP contribution in [0.4, 0.5) is 6.01 Å². The van der Waals surface area contributed by atoms with Gasteiger partial charge in [-0.2, -0.15) is 0 Å². The number of aliphatic hydroxyl groups excluding tert-OH is 1. The molecule has 0 unspecified atom stereocenters. The van der Waals surface area contributed by atoms with Gasteiger partial charge in [-0.05, 0) is 34.6 Å². The van der Waals surface area contributed by atoms with Crippen LogP contribution < -0.4 is 10.2 Å². The predicted octanol–water partition coefficient (Wildman–Crippen LogP) is 1.16. The Morgan fingerprint density at radius 1 is 1.33 bits per heavy atom. The van der Waals surface area contributed by atoms with Gasteiger partial charge in [-0.1, -0.05) is 5.10 Å². The first kappa shape index (κ1) is 14.9. The Balaban J connectivity index is 2.66. The summed E-state index contributed by atoms with van der Waals surface area (Å²) in [6.45, 7) is 11.4. The van der Waals surface area contributed by atoms with E-state index < -0.39 is 0 Å². The number of hydrogen-bond acceptors (Lipinski definition) is 6. The Kier molecular flexibility index (Phi) is 5.10. The van der Waals surface area contributed by atoms with Crippen LogP contribution in [0.2, 0.25) is 0 Å². The highest BCUT2D eigenvalue weighted by atomic mass is 16.4. The first-order valence-electron chi connectivity index (χ1n) is 6.28. The molecule has 0 aliphatic rings. The third-order valence-electron chi connectivity index (χ3n) is 2.44. The molecule has 1 aromatic rings. The van der Waals surface area contributed by atoms with Crippen LogP contribution in [0.5, 0.6) is 0 Å². The first-order valence-corrected chi connectivity index (χ1v) is 6.28. The molecule has 0 fully saturated rings. The highest BCUT2D eigenvalue weighted by Gasteiger charge is 2.18. The van der Waals surface area contributed by atoms with Crippen LogP contribution >= 0.6 is 0 Å². The molecule has 0 saturated carbocycles. The highest BCUT2D eigenvalue weighted by Crippen LogP contribution is 2.15. The molecule has 0 saturated heterocycles. The summed E-state index contributed by atoms with van der Waals surface area (Å²) in [6.07, 6.45) is 0. The molecular weight excluding hydrogens is 232 g/mol. The summed E-state index contributed by atoms with van der Waals surface area (Å²) in [5.41, 5.74) is 0.0114. The second-order valence-corrected chi connectivity index (χ2v) is 5.59. The minimum atomic E-state index is 0.0114. The minimum Gasteiger partial charge on any atom is -0.407 e. The summed E-state index contributed by atoms with van der Waals surface area (Å²) < 4.78 is 5.59. The van der Waals surface area contributed by atoms with E-state index in [-0.39, 0.29) is 18.2 Å². The van der Waals surface area contributed by atoms with Crippen LogP contribution in [0.25, 0.3) is 0 Å². The zero-order chi connectivity index (χ0) is 13.8. The molecule has 0 aliphatic heterocycles. The monoisotopic (exact) mass is 256 g/mol. The second-order valence-electron chi connectivity index (χ2n) is 5.59. The Labute approximate surface area is 108 Å². The van der Waals surface area contributed by atoms with Crippen LogP contribution in [0.15, 0.2) is 4.42 Å². The summed E-state index contributed by atoms with van der Waals surface area (Å²) in [7, 11) is 0. The number of aliphatic hydroxyl groups is 1. The van der Waals surface area contributed by atoms with Gasteiger partial charge in [0.2, 0.25) is 5.89 Å². The lowest BCUT2D eigenvalue weighted by Gasteiger charge is -2.23. The molecule has 6 nitrogen and oxygen atoms in total. The van der Waals surface area contributed by atoms with Gasteiger partial charge in [0.25, 0.3) is 0 Å². The zero-order valence-corrected chi connectivity index (χ0v) is 11.9. The molecule has 0 aromatic carbocycles. The lowest BCUT2D eigenvalue weighted by molar-refractivity contribution is 0.294. The van der Waals surface area contributed by atoms with E-state index in [0.29, 0.717) is 25.0 Å². The van der Waals surface area contributed by atoms with Crippen molar-refractivity contribution in [2.75, 3.05) is 18.1 Å². The fourth-order valence-electron chi connectivity index (χ4n) is 1.46. The molecule has 2 N–H and O–H groups in total. The van der Waals surface area contributed by atoms with Crippen molar-refractivity contribution in [2.24, 2.45) is 0 Å². The average molecular weight is 256 g/mol. The van der Waals surface area contributed by atoms with Crippen LogP contribution in [-0.2, 0) is 6.54 Å². The first-order chi connectivity index (χ1) is 8.33. The maximum Gasteiger partial charge on any atom is 0.318 e. The smallest absolute Gasteiger partial charge is 0.318 e. The fraction of sp³-hybridized carbons (Fsp3) is 0.833. The van der Waals surface area contributed by atoms with Gasteiger partial charge in [0, 0.05) is 18.1 Å². The number of anilines is 1. The van der Waals surface area contributed by atoms with Gasteiger partial charge in [0.05, 0.1) is 13.2 Å². The van der Waals surface area contributed by atoms with E-state index in [2.05, 4.69) is 36.3 Å². The molecule has 18 heavy (non-hydrogen) atoms. The third kappa shape index (κ3) is 4.62. The average Bonchev–Trinajstić information content (AvgIpc) is 2.70. The van der Waals surface area contributed by atoms with Crippen LogP contribution in [0, 0.1) is 0 Å². The third-order valence-corrected chi connectivity index (χ3v) is 2.44. The van der Waals surface area contributed by atoms with E-state index >= 15 is 0 Å². The number of nitrogens with zero attached hydrogens (tertiary/aromatic N) is 3. The lowest BCUT2D eigenvalue weighted by Crippen LogP contribution is -2.35. The molecule has 0 amide bonds. The van der Waals surface area contributed by atoms with Crippen LogP contribution in [0.3, 0.4) is 0 Å². The van der Waals surface area contributed by atoms with Crippen molar-refractivity contribution in [3.05, 3.63) is 5.89 Å². The maximum absolute atomic E-state index is 9.02. The van der Waals surface area contributed by atoms with Gasteiger partial charge in [-0.3, -0.25) is 0 Å². The van der Waals surface area contributed by atoms with Crippen molar-refractivity contribution in [3.63, 3.8) is 0 Å². The van der Waals surface area contributed by atoms with Gasteiger partial charge in [0.1, 0.15) is 0 Å². The van der Waals surface area contributed by atoms with Gasteiger partial charge in [-0.25, -0.2) is 0 Å². The standard InChI is InChI=1S/C12H24N4O2/c1-9(2)16(6-7-17)11-15-14-10(18-11)8-13-12(3,4)5/h9,13,17H,6-8H2,1-5H3.